The van der Waals surface area contributed by atoms with Crippen LogP contribution in [0.15, 0.2) is 47.4 Å². The topological polar surface area (TPSA) is 89.7 Å². The molecule has 6 nitrogen and oxygen atoms in total. The van der Waals surface area contributed by atoms with Gasteiger partial charge in [0.25, 0.3) is 5.91 Å². The summed E-state index contributed by atoms with van der Waals surface area (Å²) in [6.45, 7) is 2.43. The predicted molar refractivity (Wildman–Crippen MR) is 135 cm³/mol. The minimum Gasteiger partial charge on any atom is -0.491 e. The van der Waals surface area contributed by atoms with Gasteiger partial charge in [-0.2, -0.15) is 0 Å². The van der Waals surface area contributed by atoms with Crippen LogP contribution in [0.1, 0.15) is 28.4 Å². The third-order valence-corrected chi connectivity index (χ3v) is 7.67. The summed E-state index contributed by atoms with van der Waals surface area (Å²) in [5, 5.41) is 0.671. The number of hydrogen-bond acceptors (Lipinski definition) is 5. The molecule has 3 aromatic carbocycles. The van der Waals surface area contributed by atoms with E-state index >= 15 is 4.39 Å². The first kappa shape index (κ1) is 25.3. The van der Waals surface area contributed by atoms with Crippen molar-refractivity contribution in [3.8, 4) is 16.9 Å². The van der Waals surface area contributed by atoms with Gasteiger partial charge in [0.2, 0.25) is 0 Å². The molecule has 10 heteroatoms. The molecule has 3 aromatic rings. The Bertz CT molecular complexity index is 1420. The molecular weight excluding hydrogens is 514 g/mol. The summed E-state index contributed by atoms with van der Waals surface area (Å²) in [4.78, 5) is 14.6. The number of hydrogen-bond donors (Lipinski definition) is 1. The van der Waals surface area contributed by atoms with Crippen LogP contribution in [-0.4, -0.2) is 38.6 Å². The molecule has 0 fully saturated rings. The molecule has 0 aromatic heterocycles. The number of ether oxygens (including phenoxy) is 1. The molecule has 4 rings (SSSR count). The van der Waals surface area contributed by atoms with Gasteiger partial charge in [-0.3, -0.25) is 4.79 Å². The number of carbonyl (C=O) groups is 1. The van der Waals surface area contributed by atoms with Crippen molar-refractivity contribution >= 4 is 44.6 Å². The Morgan fingerprint density at radius 1 is 1.11 bits per heavy atom. The van der Waals surface area contributed by atoms with Crippen molar-refractivity contribution in [1.82, 2.24) is 4.90 Å². The molecule has 1 heterocycles. The van der Waals surface area contributed by atoms with E-state index in [-0.39, 0.29) is 37.2 Å². The van der Waals surface area contributed by atoms with E-state index in [2.05, 4.69) is 0 Å². The van der Waals surface area contributed by atoms with E-state index in [4.69, 9.17) is 33.7 Å². The molecule has 0 atom stereocenters. The summed E-state index contributed by atoms with van der Waals surface area (Å²) >= 11 is 12.4. The Kier molecular flexibility index (Phi) is 6.99. The lowest BCUT2D eigenvalue weighted by Crippen LogP contribution is -2.33. The number of sulfone groups is 1. The van der Waals surface area contributed by atoms with Crippen molar-refractivity contribution in [2.75, 3.05) is 25.1 Å². The molecule has 0 radical (unpaired) electrons. The van der Waals surface area contributed by atoms with Crippen molar-refractivity contribution in [3.63, 3.8) is 0 Å². The molecule has 35 heavy (non-hydrogen) atoms. The summed E-state index contributed by atoms with van der Waals surface area (Å²) in [5.74, 6) is -0.654. The molecular formula is C25H23Cl2FN2O4S. The average molecular weight is 537 g/mol. The fourth-order valence-corrected chi connectivity index (χ4v) is 5.35. The van der Waals surface area contributed by atoms with E-state index in [0.29, 0.717) is 21.5 Å². The highest BCUT2D eigenvalue weighted by atomic mass is 35.5. The quantitative estimate of drug-likeness (QED) is 0.452. The summed E-state index contributed by atoms with van der Waals surface area (Å²) in [6.07, 6.45) is 1.11. The highest BCUT2D eigenvalue weighted by Crippen LogP contribution is 2.36. The Hall–Kier alpha value is -2.81. The summed E-state index contributed by atoms with van der Waals surface area (Å²) in [7, 11) is -3.77. The second kappa shape index (κ2) is 9.68. The average Bonchev–Trinajstić information content (AvgIpc) is 3.02. The second-order valence-corrected chi connectivity index (χ2v) is 11.1. The Morgan fingerprint density at radius 3 is 2.43 bits per heavy atom. The lowest BCUT2D eigenvalue weighted by atomic mass is 10.0. The van der Waals surface area contributed by atoms with Crippen molar-refractivity contribution in [2.24, 2.45) is 0 Å². The fraction of sp³-hybridized carbons (Fsp3) is 0.240. The number of benzene rings is 3. The first-order valence-electron chi connectivity index (χ1n) is 10.8. The van der Waals surface area contributed by atoms with Gasteiger partial charge in [-0.1, -0.05) is 36.2 Å². The number of nitrogens with zero attached hydrogens (tertiary/aromatic N) is 1. The number of rotatable bonds is 4. The number of carbonyl (C=O) groups excluding carboxylic acids is 1. The normalized spacial score (nSPS) is 13.7. The largest absolute Gasteiger partial charge is 0.491 e. The first-order chi connectivity index (χ1) is 16.5. The van der Waals surface area contributed by atoms with Gasteiger partial charge in [0.05, 0.1) is 22.3 Å². The molecule has 1 amide bonds. The lowest BCUT2D eigenvalue weighted by Gasteiger charge is -2.22. The Balaban J connectivity index is 1.70. The lowest BCUT2D eigenvalue weighted by molar-refractivity contribution is 0.0731. The van der Waals surface area contributed by atoms with Crippen LogP contribution >= 0.6 is 23.2 Å². The van der Waals surface area contributed by atoms with Gasteiger partial charge in [-0.15, -0.1) is 0 Å². The van der Waals surface area contributed by atoms with Crippen LogP contribution < -0.4 is 10.5 Å². The van der Waals surface area contributed by atoms with Gasteiger partial charge < -0.3 is 15.4 Å². The van der Waals surface area contributed by atoms with Gasteiger partial charge in [0.1, 0.15) is 23.1 Å². The fourth-order valence-electron chi connectivity index (χ4n) is 4.10. The SMILES string of the molecule is CCc1c(C(=O)N2CCOc3ccc(-c4cc(Cl)c(N)c(Cl)c4)cc3C2)ccc(S(C)(=O)=O)c1F. The molecule has 184 valence electrons. The maximum Gasteiger partial charge on any atom is 0.254 e. The van der Waals surface area contributed by atoms with Crippen molar-refractivity contribution in [3.05, 3.63) is 75.0 Å². The number of fused-ring (bicyclic) bond motifs is 1. The van der Waals surface area contributed by atoms with E-state index in [1.54, 1.807) is 24.0 Å². The predicted octanol–water partition coefficient (Wildman–Crippen LogP) is 5.38. The minimum atomic E-state index is -3.77. The maximum atomic E-state index is 15.0. The van der Waals surface area contributed by atoms with Gasteiger partial charge in [0, 0.05) is 29.5 Å². The highest BCUT2D eigenvalue weighted by Gasteiger charge is 2.27. The van der Waals surface area contributed by atoms with Crippen LogP contribution in [0.4, 0.5) is 10.1 Å². The highest BCUT2D eigenvalue weighted by molar-refractivity contribution is 7.90. The van der Waals surface area contributed by atoms with Crippen LogP contribution in [0.3, 0.4) is 0 Å². The van der Waals surface area contributed by atoms with Crippen LogP contribution in [0.5, 0.6) is 5.75 Å². The molecule has 1 aliphatic heterocycles. The molecule has 0 saturated heterocycles. The second-order valence-electron chi connectivity index (χ2n) is 8.28. The van der Waals surface area contributed by atoms with Crippen LogP contribution in [0, 0.1) is 5.82 Å². The molecule has 0 bridgehead atoms. The van der Waals surface area contributed by atoms with Crippen molar-refractivity contribution in [1.29, 1.82) is 0 Å². The van der Waals surface area contributed by atoms with Crippen molar-refractivity contribution in [2.45, 2.75) is 24.8 Å². The smallest absolute Gasteiger partial charge is 0.254 e. The minimum absolute atomic E-state index is 0.0724. The zero-order valence-corrected chi connectivity index (χ0v) is 21.4. The summed E-state index contributed by atoms with van der Waals surface area (Å²) in [6, 6.07) is 11.5. The third kappa shape index (κ3) is 4.96. The standard InChI is InChI=1S/C25H23Cl2FN2O4S/c1-3-17-18(5-7-22(23(17)28)35(2,32)33)25(31)30-8-9-34-21-6-4-14(10-16(21)13-30)15-11-19(26)24(29)20(27)12-15/h4-7,10-12H,3,8-9,13,29H2,1-2H3. The molecule has 0 saturated carbocycles. The first-order valence-corrected chi connectivity index (χ1v) is 13.5. The number of halogens is 3. The summed E-state index contributed by atoms with van der Waals surface area (Å²) < 4.78 is 44.7. The zero-order valence-electron chi connectivity index (χ0n) is 19.1. The van der Waals surface area contributed by atoms with E-state index in [0.717, 1.165) is 29.0 Å². The van der Waals surface area contributed by atoms with E-state index < -0.39 is 26.5 Å². The number of amides is 1. The van der Waals surface area contributed by atoms with E-state index in [1.807, 2.05) is 18.2 Å². The number of anilines is 1. The number of nitrogens with two attached hydrogens (primary N) is 1. The molecule has 0 spiro atoms. The van der Waals surface area contributed by atoms with Crippen molar-refractivity contribution < 1.29 is 22.3 Å². The van der Waals surface area contributed by atoms with Crippen LogP contribution in [0.2, 0.25) is 10.0 Å². The zero-order chi connectivity index (χ0) is 25.5. The monoisotopic (exact) mass is 536 g/mol. The molecule has 1 aliphatic rings. The summed E-state index contributed by atoms with van der Waals surface area (Å²) in [5.41, 5.74) is 8.67. The van der Waals surface area contributed by atoms with Gasteiger partial charge in [-0.25, -0.2) is 12.8 Å². The Morgan fingerprint density at radius 2 is 1.80 bits per heavy atom. The van der Waals surface area contributed by atoms with Crippen LogP contribution in [0.25, 0.3) is 11.1 Å². The van der Waals surface area contributed by atoms with Gasteiger partial charge in [-0.05, 0) is 53.9 Å². The maximum absolute atomic E-state index is 15.0. The molecule has 2 N–H and O–H groups in total. The third-order valence-electron chi connectivity index (χ3n) is 5.93. The van der Waals surface area contributed by atoms with Crippen LogP contribution in [-0.2, 0) is 22.8 Å². The Labute approximate surface area is 213 Å². The van der Waals surface area contributed by atoms with E-state index in [1.165, 1.54) is 6.07 Å². The van der Waals surface area contributed by atoms with Gasteiger partial charge >= 0.3 is 0 Å². The van der Waals surface area contributed by atoms with E-state index in [9.17, 15) is 13.2 Å². The number of nitrogen functional groups attached to an aromatic ring is 1. The van der Waals surface area contributed by atoms with Gasteiger partial charge in [0.15, 0.2) is 9.84 Å². The molecule has 0 aliphatic carbocycles. The molecule has 0 unspecified atom stereocenters.